The fourth-order valence-corrected chi connectivity index (χ4v) is 2.14. The molecule has 1 N–H and O–H groups in total. The lowest BCUT2D eigenvalue weighted by atomic mass is 10.00. The highest BCUT2D eigenvalue weighted by Crippen LogP contribution is 2.30. The molecule has 104 valence electrons. The number of nitrogens with zero attached hydrogens (tertiary/aromatic N) is 1. The molecule has 2 aromatic heterocycles. The lowest BCUT2D eigenvalue weighted by Gasteiger charge is -2.08. The van der Waals surface area contributed by atoms with Gasteiger partial charge >= 0.3 is 11.6 Å². The second-order valence-corrected chi connectivity index (χ2v) is 4.31. The van der Waals surface area contributed by atoms with Crippen LogP contribution in [0, 0.1) is 5.82 Å². The largest absolute Gasteiger partial charge is 0.475 e. The van der Waals surface area contributed by atoms with Gasteiger partial charge in [0.2, 0.25) is 5.76 Å². The summed E-state index contributed by atoms with van der Waals surface area (Å²) < 4.78 is 17.9. The van der Waals surface area contributed by atoms with Crippen LogP contribution in [0.25, 0.3) is 22.0 Å². The van der Waals surface area contributed by atoms with E-state index in [0.29, 0.717) is 10.9 Å². The third-order valence-corrected chi connectivity index (χ3v) is 3.02. The van der Waals surface area contributed by atoms with Crippen LogP contribution in [0.4, 0.5) is 4.39 Å². The van der Waals surface area contributed by atoms with E-state index in [0.717, 1.165) is 0 Å². The van der Waals surface area contributed by atoms with Crippen LogP contribution in [-0.2, 0) is 0 Å². The number of carboxylic acids is 1. The maximum Gasteiger partial charge on any atom is 0.372 e. The van der Waals surface area contributed by atoms with Gasteiger partial charge < -0.3 is 9.52 Å². The number of hydrogen-bond acceptors (Lipinski definition) is 4. The van der Waals surface area contributed by atoms with Crippen molar-refractivity contribution in [3.05, 3.63) is 64.6 Å². The number of rotatable bonds is 2. The summed E-state index contributed by atoms with van der Waals surface area (Å²) >= 11 is 0. The van der Waals surface area contributed by atoms with Gasteiger partial charge in [0.25, 0.3) is 0 Å². The zero-order chi connectivity index (χ0) is 15.0. The Morgan fingerprint density at radius 3 is 2.57 bits per heavy atom. The van der Waals surface area contributed by atoms with Crippen LogP contribution in [0.2, 0.25) is 0 Å². The Hall–Kier alpha value is -3.02. The van der Waals surface area contributed by atoms with Crippen LogP contribution in [0.5, 0.6) is 0 Å². The van der Waals surface area contributed by atoms with E-state index in [4.69, 9.17) is 4.42 Å². The van der Waals surface area contributed by atoms with Gasteiger partial charge in [-0.1, -0.05) is 18.2 Å². The Morgan fingerprint density at radius 2 is 1.90 bits per heavy atom. The van der Waals surface area contributed by atoms with Crippen molar-refractivity contribution in [1.82, 2.24) is 4.98 Å². The fraction of sp³-hybridized carbons (Fsp3) is 0. The molecule has 3 rings (SSSR count). The summed E-state index contributed by atoms with van der Waals surface area (Å²) in [6, 6.07) is 8.40. The van der Waals surface area contributed by atoms with Crippen LogP contribution in [-0.4, -0.2) is 16.1 Å². The van der Waals surface area contributed by atoms with E-state index in [1.807, 2.05) is 0 Å². The first-order valence-corrected chi connectivity index (χ1v) is 5.99. The normalized spacial score (nSPS) is 10.7. The smallest absolute Gasteiger partial charge is 0.372 e. The van der Waals surface area contributed by atoms with Gasteiger partial charge in [-0.15, -0.1) is 0 Å². The fourth-order valence-electron chi connectivity index (χ4n) is 2.14. The molecule has 0 unspecified atom stereocenters. The highest BCUT2D eigenvalue weighted by molar-refractivity contribution is 6.03. The SMILES string of the molecule is O=C(O)c1oc(=O)c2ncccc2c1-c1ccc(F)cc1. The first-order chi connectivity index (χ1) is 10.1. The van der Waals surface area contributed by atoms with Crippen LogP contribution in [0.3, 0.4) is 0 Å². The summed E-state index contributed by atoms with van der Waals surface area (Å²) in [6.07, 6.45) is 1.41. The molecule has 0 saturated heterocycles. The molecule has 0 atom stereocenters. The number of aromatic nitrogens is 1. The maximum absolute atomic E-state index is 13.0. The van der Waals surface area contributed by atoms with Crippen LogP contribution in [0.15, 0.2) is 51.8 Å². The second kappa shape index (κ2) is 4.82. The van der Waals surface area contributed by atoms with E-state index in [1.165, 1.54) is 30.5 Å². The maximum atomic E-state index is 13.0. The minimum absolute atomic E-state index is 0.0295. The Bertz CT molecular complexity index is 900. The Labute approximate surface area is 117 Å². The summed E-state index contributed by atoms with van der Waals surface area (Å²) in [4.78, 5) is 27.0. The molecular weight excluding hydrogens is 277 g/mol. The van der Waals surface area contributed by atoms with E-state index in [1.54, 1.807) is 12.1 Å². The minimum atomic E-state index is -1.38. The lowest BCUT2D eigenvalue weighted by Crippen LogP contribution is -2.10. The molecule has 0 aliphatic carbocycles. The Balaban J connectivity index is 2.46. The van der Waals surface area contributed by atoms with Crippen molar-refractivity contribution in [3.8, 4) is 11.1 Å². The average Bonchev–Trinajstić information content (AvgIpc) is 2.48. The molecule has 0 amide bonds. The standard InChI is InChI=1S/C15H8FNO4/c16-9-5-3-8(4-6-9)11-10-2-1-7-17-12(10)15(20)21-13(11)14(18)19/h1-7H,(H,18,19). The summed E-state index contributed by atoms with van der Waals surface area (Å²) in [5, 5.41) is 9.58. The van der Waals surface area contributed by atoms with E-state index in [9.17, 15) is 19.1 Å². The third-order valence-electron chi connectivity index (χ3n) is 3.02. The van der Waals surface area contributed by atoms with Crippen LogP contribution in [0.1, 0.15) is 10.6 Å². The Kier molecular flexibility index (Phi) is 2.98. The van der Waals surface area contributed by atoms with Crippen molar-refractivity contribution in [3.63, 3.8) is 0 Å². The molecule has 0 aliphatic heterocycles. The molecule has 0 saturated carbocycles. The topological polar surface area (TPSA) is 80.4 Å². The predicted octanol–water partition coefficient (Wildman–Crippen LogP) is 2.69. The minimum Gasteiger partial charge on any atom is -0.475 e. The number of hydrogen-bond donors (Lipinski definition) is 1. The van der Waals surface area contributed by atoms with Crippen molar-refractivity contribution in [2.24, 2.45) is 0 Å². The molecule has 0 radical (unpaired) electrons. The van der Waals surface area contributed by atoms with Crippen molar-refractivity contribution >= 4 is 16.9 Å². The number of aromatic carboxylic acids is 1. The predicted molar refractivity (Wildman–Crippen MR) is 72.6 cm³/mol. The Morgan fingerprint density at radius 1 is 1.19 bits per heavy atom. The molecule has 21 heavy (non-hydrogen) atoms. The van der Waals surface area contributed by atoms with Gasteiger partial charge in [0, 0.05) is 17.1 Å². The van der Waals surface area contributed by atoms with Gasteiger partial charge in [0.1, 0.15) is 5.82 Å². The molecule has 6 heteroatoms. The van der Waals surface area contributed by atoms with Gasteiger partial charge in [0.15, 0.2) is 5.52 Å². The number of carbonyl (C=O) groups is 1. The van der Waals surface area contributed by atoms with Crippen molar-refractivity contribution in [2.45, 2.75) is 0 Å². The highest BCUT2D eigenvalue weighted by Gasteiger charge is 2.21. The summed E-state index contributed by atoms with van der Waals surface area (Å²) in [6.45, 7) is 0. The van der Waals surface area contributed by atoms with Crippen LogP contribution >= 0.6 is 0 Å². The molecule has 5 nitrogen and oxygen atoms in total. The third kappa shape index (κ3) is 2.16. The van der Waals surface area contributed by atoms with E-state index < -0.39 is 23.2 Å². The number of pyridine rings is 1. The molecule has 0 aliphatic rings. The van der Waals surface area contributed by atoms with E-state index in [2.05, 4.69) is 4.98 Å². The first-order valence-electron chi connectivity index (χ1n) is 5.99. The summed E-state index contributed by atoms with van der Waals surface area (Å²) in [7, 11) is 0. The quantitative estimate of drug-likeness (QED) is 0.783. The zero-order valence-corrected chi connectivity index (χ0v) is 10.5. The van der Waals surface area contributed by atoms with Gasteiger partial charge in [0.05, 0.1) is 0 Å². The van der Waals surface area contributed by atoms with Gasteiger partial charge in [-0.05, 0) is 23.8 Å². The number of carboxylic acid groups (broad SMARTS) is 1. The zero-order valence-electron chi connectivity index (χ0n) is 10.5. The molecule has 0 fully saturated rings. The van der Waals surface area contributed by atoms with E-state index in [-0.39, 0.29) is 11.1 Å². The number of benzene rings is 1. The van der Waals surface area contributed by atoms with Crippen molar-refractivity contribution in [2.75, 3.05) is 0 Å². The van der Waals surface area contributed by atoms with Gasteiger partial charge in [-0.2, -0.15) is 0 Å². The molecule has 0 bridgehead atoms. The number of halogens is 1. The van der Waals surface area contributed by atoms with Crippen molar-refractivity contribution < 1.29 is 18.7 Å². The average molecular weight is 285 g/mol. The lowest BCUT2D eigenvalue weighted by molar-refractivity contribution is 0.0659. The monoisotopic (exact) mass is 285 g/mol. The summed E-state index contributed by atoms with van der Waals surface area (Å²) in [5.41, 5.74) is -0.170. The van der Waals surface area contributed by atoms with Gasteiger partial charge in [-0.3, -0.25) is 0 Å². The second-order valence-electron chi connectivity index (χ2n) is 4.31. The number of fused-ring (bicyclic) bond motifs is 1. The first kappa shape index (κ1) is 13.0. The molecule has 2 heterocycles. The van der Waals surface area contributed by atoms with E-state index >= 15 is 0 Å². The highest BCUT2D eigenvalue weighted by atomic mass is 19.1. The molecule has 3 aromatic rings. The van der Waals surface area contributed by atoms with Crippen molar-refractivity contribution in [1.29, 1.82) is 0 Å². The molecular formula is C15H8FNO4. The van der Waals surface area contributed by atoms with Gasteiger partial charge in [-0.25, -0.2) is 19.0 Å². The molecule has 0 spiro atoms. The summed E-state index contributed by atoms with van der Waals surface area (Å²) in [5.74, 6) is -2.32. The van der Waals surface area contributed by atoms with Crippen LogP contribution < -0.4 is 5.63 Å². The molecule has 1 aromatic carbocycles.